The number of aliphatic hydroxyl groups excluding tert-OH is 1. The van der Waals surface area contributed by atoms with Gasteiger partial charge in [-0.1, -0.05) is 6.07 Å². The lowest BCUT2D eigenvalue weighted by atomic mass is 9.71. The van der Waals surface area contributed by atoms with Gasteiger partial charge in [0, 0.05) is 31.6 Å². The van der Waals surface area contributed by atoms with Crippen LogP contribution in [0, 0.1) is 5.41 Å². The highest BCUT2D eigenvalue weighted by molar-refractivity contribution is 5.92. The standard InChI is InChI=1S/C16H24N4O2/c1-19-9-6-13(21)16(10-19)7-3-8-20(11-16)15(22)12-4-2-5-14(17)18-12/h2,4-5,13,21H,3,6-11H2,1H3,(H2,17,18)/t13-,16-/m0/s1. The Balaban J connectivity index is 1.79. The molecule has 3 rings (SSSR count). The van der Waals surface area contributed by atoms with Gasteiger partial charge in [0.25, 0.3) is 5.91 Å². The Bertz CT molecular complexity index is 565. The molecule has 1 aromatic rings. The third kappa shape index (κ3) is 2.80. The van der Waals surface area contributed by atoms with Gasteiger partial charge < -0.3 is 20.6 Å². The Kier molecular flexibility index (Phi) is 4.06. The minimum atomic E-state index is -0.340. The average Bonchev–Trinajstić information content (AvgIpc) is 2.51. The van der Waals surface area contributed by atoms with Crippen molar-refractivity contribution in [3.8, 4) is 0 Å². The Morgan fingerprint density at radius 2 is 2.23 bits per heavy atom. The Hall–Kier alpha value is -1.66. The molecular formula is C16H24N4O2. The molecule has 6 heteroatoms. The molecule has 0 unspecified atom stereocenters. The van der Waals surface area contributed by atoms with E-state index >= 15 is 0 Å². The molecule has 2 aliphatic heterocycles. The second-order valence-corrected chi connectivity index (χ2v) is 6.68. The van der Waals surface area contributed by atoms with Crippen LogP contribution < -0.4 is 5.73 Å². The molecule has 0 aliphatic carbocycles. The maximum absolute atomic E-state index is 12.7. The number of carbonyl (C=O) groups excluding carboxylic acids is 1. The highest BCUT2D eigenvalue weighted by Gasteiger charge is 2.45. The van der Waals surface area contributed by atoms with Crippen molar-refractivity contribution in [2.75, 3.05) is 39.0 Å². The molecular weight excluding hydrogens is 280 g/mol. The quantitative estimate of drug-likeness (QED) is 0.793. The van der Waals surface area contributed by atoms with Crippen LogP contribution in [0.25, 0.3) is 0 Å². The van der Waals surface area contributed by atoms with Gasteiger partial charge in [0.15, 0.2) is 0 Å². The van der Waals surface area contributed by atoms with Gasteiger partial charge in [-0.25, -0.2) is 4.98 Å². The van der Waals surface area contributed by atoms with Crippen LogP contribution in [-0.4, -0.2) is 65.1 Å². The van der Waals surface area contributed by atoms with Crippen molar-refractivity contribution in [2.45, 2.75) is 25.4 Å². The van der Waals surface area contributed by atoms with Crippen molar-refractivity contribution in [3.05, 3.63) is 23.9 Å². The first kappa shape index (κ1) is 15.2. The summed E-state index contributed by atoms with van der Waals surface area (Å²) in [6.07, 6.45) is 2.31. The summed E-state index contributed by atoms with van der Waals surface area (Å²) < 4.78 is 0. The lowest BCUT2D eigenvalue weighted by Crippen LogP contribution is -2.59. The van der Waals surface area contributed by atoms with Gasteiger partial charge in [-0.2, -0.15) is 0 Å². The lowest BCUT2D eigenvalue weighted by molar-refractivity contribution is -0.0731. The fourth-order valence-corrected chi connectivity index (χ4v) is 3.84. The summed E-state index contributed by atoms with van der Waals surface area (Å²) in [5, 5.41) is 10.5. The Labute approximate surface area is 130 Å². The number of likely N-dealkylation sites (tertiary alicyclic amines) is 2. The van der Waals surface area contributed by atoms with Crippen molar-refractivity contribution >= 4 is 11.7 Å². The lowest BCUT2D eigenvalue weighted by Gasteiger charge is -2.50. The fourth-order valence-electron chi connectivity index (χ4n) is 3.84. The largest absolute Gasteiger partial charge is 0.392 e. The predicted octanol–water partition coefficient (Wildman–Crippen LogP) is 0.583. The summed E-state index contributed by atoms with van der Waals surface area (Å²) in [6.45, 7) is 3.05. The number of hydrogen-bond donors (Lipinski definition) is 2. The van der Waals surface area contributed by atoms with Gasteiger partial charge in [-0.3, -0.25) is 4.79 Å². The van der Waals surface area contributed by atoms with E-state index in [1.165, 1.54) is 0 Å². The molecule has 120 valence electrons. The number of anilines is 1. The molecule has 0 saturated carbocycles. The van der Waals surface area contributed by atoms with Gasteiger partial charge in [0.2, 0.25) is 0 Å². The van der Waals surface area contributed by atoms with Crippen molar-refractivity contribution < 1.29 is 9.90 Å². The van der Waals surface area contributed by atoms with Gasteiger partial charge in [-0.05, 0) is 38.4 Å². The molecule has 3 heterocycles. The second-order valence-electron chi connectivity index (χ2n) is 6.68. The molecule has 3 N–H and O–H groups in total. The van der Waals surface area contributed by atoms with Crippen LogP contribution >= 0.6 is 0 Å². The van der Waals surface area contributed by atoms with Gasteiger partial charge >= 0.3 is 0 Å². The molecule has 1 amide bonds. The molecule has 1 aromatic heterocycles. The normalized spacial score (nSPS) is 29.7. The van der Waals surface area contributed by atoms with Gasteiger partial charge in [-0.15, -0.1) is 0 Å². The number of aliphatic hydroxyl groups is 1. The molecule has 2 atom stereocenters. The zero-order chi connectivity index (χ0) is 15.7. The molecule has 2 fully saturated rings. The third-order valence-corrected chi connectivity index (χ3v) is 4.96. The molecule has 2 saturated heterocycles. The molecule has 0 radical (unpaired) electrons. The van der Waals surface area contributed by atoms with Crippen molar-refractivity contribution in [1.82, 2.24) is 14.8 Å². The molecule has 22 heavy (non-hydrogen) atoms. The SMILES string of the molecule is CN1CC[C@H](O)[C@@]2(CCCN(C(=O)c3cccc(N)n3)C2)C1. The monoisotopic (exact) mass is 304 g/mol. The Morgan fingerprint density at radius 3 is 3.00 bits per heavy atom. The van der Waals surface area contributed by atoms with E-state index in [1.807, 2.05) is 4.90 Å². The van der Waals surface area contributed by atoms with E-state index in [-0.39, 0.29) is 17.4 Å². The number of pyridine rings is 1. The first-order chi connectivity index (χ1) is 10.5. The maximum Gasteiger partial charge on any atom is 0.272 e. The fraction of sp³-hybridized carbons (Fsp3) is 0.625. The highest BCUT2D eigenvalue weighted by atomic mass is 16.3. The first-order valence-corrected chi connectivity index (χ1v) is 7.89. The zero-order valence-corrected chi connectivity index (χ0v) is 13.0. The third-order valence-electron chi connectivity index (χ3n) is 4.96. The topological polar surface area (TPSA) is 82.7 Å². The molecule has 2 aliphatic rings. The van der Waals surface area contributed by atoms with E-state index in [9.17, 15) is 9.90 Å². The maximum atomic E-state index is 12.7. The van der Waals surface area contributed by atoms with Crippen LogP contribution in [0.15, 0.2) is 18.2 Å². The van der Waals surface area contributed by atoms with E-state index in [0.29, 0.717) is 24.6 Å². The summed E-state index contributed by atoms with van der Waals surface area (Å²) in [6, 6.07) is 5.12. The molecule has 0 bridgehead atoms. The van der Waals surface area contributed by atoms with Crippen molar-refractivity contribution in [3.63, 3.8) is 0 Å². The number of aromatic nitrogens is 1. The van der Waals surface area contributed by atoms with Gasteiger partial charge in [0.05, 0.1) is 6.10 Å². The van der Waals surface area contributed by atoms with E-state index < -0.39 is 0 Å². The van der Waals surface area contributed by atoms with Crippen LogP contribution in [-0.2, 0) is 0 Å². The molecule has 6 nitrogen and oxygen atoms in total. The molecule has 0 aromatic carbocycles. The van der Waals surface area contributed by atoms with Gasteiger partial charge in [0.1, 0.15) is 11.5 Å². The number of amides is 1. The summed E-state index contributed by atoms with van der Waals surface area (Å²) in [5.41, 5.74) is 5.85. The number of rotatable bonds is 1. The van der Waals surface area contributed by atoms with E-state index in [1.54, 1.807) is 18.2 Å². The number of nitrogens with zero attached hydrogens (tertiary/aromatic N) is 3. The van der Waals surface area contributed by atoms with E-state index in [0.717, 1.165) is 32.4 Å². The number of piperidine rings is 2. The van der Waals surface area contributed by atoms with Crippen LogP contribution in [0.1, 0.15) is 29.8 Å². The number of carbonyl (C=O) groups is 1. The summed E-state index contributed by atoms with van der Waals surface area (Å²) in [7, 11) is 2.08. The van der Waals surface area contributed by atoms with E-state index in [4.69, 9.17) is 5.73 Å². The summed E-state index contributed by atoms with van der Waals surface area (Å²) >= 11 is 0. The van der Waals surface area contributed by atoms with Crippen LogP contribution in [0.2, 0.25) is 0 Å². The minimum absolute atomic E-state index is 0.0909. The zero-order valence-electron chi connectivity index (χ0n) is 13.0. The highest BCUT2D eigenvalue weighted by Crippen LogP contribution is 2.38. The minimum Gasteiger partial charge on any atom is -0.392 e. The number of nitrogens with two attached hydrogens (primary N) is 1. The number of hydrogen-bond acceptors (Lipinski definition) is 5. The van der Waals surface area contributed by atoms with Crippen molar-refractivity contribution in [2.24, 2.45) is 5.41 Å². The second kappa shape index (κ2) is 5.85. The number of nitrogen functional groups attached to an aromatic ring is 1. The van der Waals surface area contributed by atoms with Crippen LogP contribution in [0.4, 0.5) is 5.82 Å². The Morgan fingerprint density at radius 1 is 1.41 bits per heavy atom. The van der Waals surface area contributed by atoms with Crippen LogP contribution in [0.5, 0.6) is 0 Å². The van der Waals surface area contributed by atoms with Crippen LogP contribution in [0.3, 0.4) is 0 Å². The molecule has 1 spiro atoms. The predicted molar refractivity (Wildman–Crippen MR) is 84.3 cm³/mol. The first-order valence-electron chi connectivity index (χ1n) is 7.89. The van der Waals surface area contributed by atoms with E-state index in [2.05, 4.69) is 16.9 Å². The summed E-state index contributed by atoms with van der Waals surface area (Å²) in [5.74, 6) is 0.266. The average molecular weight is 304 g/mol. The van der Waals surface area contributed by atoms with Crippen molar-refractivity contribution in [1.29, 1.82) is 0 Å². The summed E-state index contributed by atoms with van der Waals surface area (Å²) in [4.78, 5) is 20.9. The smallest absolute Gasteiger partial charge is 0.272 e.